The van der Waals surface area contributed by atoms with Gasteiger partial charge in [0.05, 0.1) is 19.1 Å². The molecule has 1 aromatic carbocycles. The van der Waals surface area contributed by atoms with Gasteiger partial charge < -0.3 is 19.9 Å². The summed E-state index contributed by atoms with van der Waals surface area (Å²) in [5.74, 6) is -0.843. The third kappa shape index (κ3) is 8.54. The van der Waals surface area contributed by atoms with E-state index in [4.69, 9.17) is 4.74 Å². The topological polar surface area (TPSA) is 84.9 Å². The largest absolute Gasteiger partial charge is 0.469 e. The van der Waals surface area contributed by atoms with E-state index in [0.717, 1.165) is 5.56 Å². The lowest BCUT2D eigenvalue weighted by Gasteiger charge is -2.14. The molecule has 0 aromatic heterocycles. The normalized spacial score (nSPS) is 11.5. The minimum absolute atomic E-state index is 0. The molecule has 0 aliphatic carbocycles. The molecule has 23 heavy (non-hydrogen) atoms. The Kier molecular flexibility index (Phi) is 10.2. The fourth-order valence-electron chi connectivity index (χ4n) is 1.68. The lowest BCUT2D eigenvalue weighted by molar-refractivity contribution is -0.139. The van der Waals surface area contributed by atoms with E-state index in [-0.39, 0.29) is 37.4 Å². The minimum Gasteiger partial charge on any atom is -0.469 e. The van der Waals surface area contributed by atoms with Gasteiger partial charge in [-0.3, -0.25) is 4.79 Å². The van der Waals surface area contributed by atoms with Gasteiger partial charge in [0.25, 0.3) is 0 Å². The summed E-state index contributed by atoms with van der Waals surface area (Å²) in [6.45, 7) is 4.23. The van der Waals surface area contributed by atoms with E-state index in [2.05, 4.69) is 10.1 Å². The summed E-state index contributed by atoms with van der Waals surface area (Å²) in [6.07, 6.45) is -0.587. The number of hydrogen-bond donors (Lipinski definition) is 2. The molecule has 0 amide bonds. The molecule has 0 bridgehead atoms. The molecular weight excluding hydrogens is 322 g/mol. The quantitative estimate of drug-likeness (QED) is 0.692. The molecule has 130 valence electrons. The fraction of sp³-hybridized carbons (Fsp3) is 0.500. The monoisotopic (exact) mass is 345 g/mol. The van der Waals surface area contributed by atoms with E-state index in [1.165, 1.54) is 7.11 Å². The van der Waals surface area contributed by atoms with Gasteiger partial charge in [0.1, 0.15) is 12.7 Å². The van der Waals surface area contributed by atoms with Crippen LogP contribution in [0.15, 0.2) is 24.3 Å². The number of benzene rings is 1. The molecule has 0 heterocycles. The lowest BCUT2D eigenvalue weighted by Crippen LogP contribution is -2.35. The van der Waals surface area contributed by atoms with Crippen LogP contribution in [0.1, 0.15) is 29.8 Å². The van der Waals surface area contributed by atoms with E-state index in [9.17, 15) is 14.7 Å². The van der Waals surface area contributed by atoms with E-state index < -0.39 is 12.1 Å². The van der Waals surface area contributed by atoms with Crippen LogP contribution in [0.4, 0.5) is 0 Å². The van der Waals surface area contributed by atoms with Crippen molar-refractivity contribution in [1.82, 2.24) is 5.32 Å². The zero-order valence-electron chi connectivity index (χ0n) is 13.6. The summed E-state index contributed by atoms with van der Waals surface area (Å²) in [5, 5.41) is 12.7. The van der Waals surface area contributed by atoms with Gasteiger partial charge >= 0.3 is 11.9 Å². The molecule has 1 aromatic rings. The molecule has 6 nitrogen and oxygen atoms in total. The van der Waals surface area contributed by atoms with Gasteiger partial charge in [-0.05, 0) is 17.7 Å². The Bertz CT molecular complexity index is 490. The summed E-state index contributed by atoms with van der Waals surface area (Å²) in [6, 6.07) is 6.76. The summed E-state index contributed by atoms with van der Waals surface area (Å²) in [5.41, 5.74) is 1.13. The van der Waals surface area contributed by atoms with E-state index >= 15 is 0 Å². The molecule has 0 aliphatic heterocycles. The van der Waals surface area contributed by atoms with Gasteiger partial charge in [0.2, 0.25) is 0 Å². The highest BCUT2D eigenvalue weighted by atomic mass is 35.5. The highest BCUT2D eigenvalue weighted by Crippen LogP contribution is 2.07. The molecule has 1 atom stereocenters. The van der Waals surface area contributed by atoms with Crippen molar-refractivity contribution in [2.24, 2.45) is 0 Å². The summed E-state index contributed by atoms with van der Waals surface area (Å²) >= 11 is 0. The van der Waals surface area contributed by atoms with Gasteiger partial charge in [-0.1, -0.05) is 26.0 Å². The zero-order valence-corrected chi connectivity index (χ0v) is 14.4. The van der Waals surface area contributed by atoms with Gasteiger partial charge in [-0.25, -0.2) is 4.79 Å². The predicted molar refractivity (Wildman–Crippen MR) is 88.8 cm³/mol. The molecule has 1 unspecified atom stereocenters. The second-order valence-electron chi connectivity index (χ2n) is 5.27. The number of esters is 2. The first-order valence-corrected chi connectivity index (χ1v) is 7.16. The van der Waals surface area contributed by atoms with Crippen LogP contribution in [0.2, 0.25) is 0 Å². The first-order valence-electron chi connectivity index (χ1n) is 7.16. The van der Waals surface area contributed by atoms with Crippen LogP contribution in [0.25, 0.3) is 0 Å². The Morgan fingerprint density at radius 2 is 1.83 bits per heavy atom. The highest BCUT2D eigenvalue weighted by Gasteiger charge is 2.12. The van der Waals surface area contributed by atoms with Crippen LogP contribution in [-0.2, 0) is 20.7 Å². The van der Waals surface area contributed by atoms with Crippen molar-refractivity contribution in [2.45, 2.75) is 32.4 Å². The number of halogens is 1. The molecule has 0 aliphatic rings. The Hall–Kier alpha value is -1.63. The van der Waals surface area contributed by atoms with Crippen molar-refractivity contribution in [3.05, 3.63) is 35.4 Å². The summed E-state index contributed by atoms with van der Waals surface area (Å²) in [7, 11) is 1.33. The fourth-order valence-corrected chi connectivity index (χ4v) is 1.68. The molecule has 1 rings (SSSR count). The van der Waals surface area contributed by atoms with Crippen molar-refractivity contribution in [3.63, 3.8) is 0 Å². The number of methoxy groups -OCH3 is 1. The van der Waals surface area contributed by atoms with Crippen LogP contribution in [-0.4, -0.2) is 49.5 Å². The molecule has 0 spiro atoms. The van der Waals surface area contributed by atoms with Crippen molar-refractivity contribution in [3.8, 4) is 0 Å². The van der Waals surface area contributed by atoms with Gasteiger partial charge in [-0.2, -0.15) is 0 Å². The zero-order chi connectivity index (χ0) is 16.5. The molecule has 0 radical (unpaired) electrons. The maximum Gasteiger partial charge on any atom is 0.338 e. The van der Waals surface area contributed by atoms with Crippen molar-refractivity contribution < 1.29 is 24.2 Å². The maximum absolute atomic E-state index is 11.8. The first-order chi connectivity index (χ1) is 10.4. The number of nitrogens with one attached hydrogen (secondary N) is 1. The first kappa shape index (κ1) is 21.4. The number of carbonyl (C=O) groups excluding carboxylic acids is 2. The van der Waals surface area contributed by atoms with E-state index in [0.29, 0.717) is 12.1 Å². The number of hydrogen-bond acceptors (Lipinski definition) is 6. The third-order valence-electron chi connectivity index (χ3n) is 2.93. The lowest BCUT2D eigenvalue weighted by atomic mass is 10.1. The summed E-state index contributed by atoms with van der Waals surface area (Å²) < 4.78 is 9.62. The Morgan fingerprint density at radius 1 is 1.22 bits per heavy atom. The second kappa shape index (κ2) is 11.0. The molecule has 7 heteroatoms. The standard InChI is InChI=1S/C16H23NO5.ClH/c1-11(2)17-9-14(18)10-22-16(20)13-6-4-12(5-7-13)8-15(19)21-3;/h4-7,11,14,17-18H,8-10H2,1-3H3;1H. The summed E-state index contributed by atoms with van der Waals surface area (Å²) in [4.78, 5) is 23.0. The molecular formula is C16H24ClNO5. The average molecular weight is 346 g/mol. The number of rotatable bonds is 8. The van der Waals surface area contributed by atoms with E-state index in [1.54, 1.807) is 24.3 Å². The number of aliphatic hydroxyl groups is 1. The van der Waals surface area contributed by atoms with Gasteiger partial charge in [0, 0.05) is 12.6 Å². The smallest absolute Gasteiger partial charge is 0.338 e. The van der Waals surface area contributed by atoms with Crippen molar-refractivity contribution in [2.75, 3.05) is 20.3 Å². The predicted octanol–water partition coefficient (Wildman–Crippen LogP) is 1.34. The van der Waals surface area contributed by atoms with Crippen LogP contribution in [0, 0.1) is 0 Å². The number of ether oxygens (including phenoxy) is 2. The Balaban J connectivity index is 0.00000484. The van der Waals surface area contributed by atoms with Crippen LogP contribution >= 0.6 is 12.4 Å². The molecule has 0 saturated heterocycles. The van der Waals surface area contributed by atoms with Crippen LogP contribution < -0.4 is 5.32 Å². The number of carbonyl (C=O) groups is 2. The van der Waals surface area contributed by atoms with Crippen LogP contribution in [0.3, 0.4) is 0 Å². The minimum atomic E-state index is -0.745. The van der Waals surface area contributed by atoms with E-state index in [1.807, 2.05) is 13.8 Å². The number of aliphatic hydroxyl groups excluding tert-OH is 1. The Morgan fingerprint density at radius 3 is 2.35 bits per heavy atom. The third-order valence-corrected chi connectivity index (χ3v) is 2.93. The Labute approximate surface area is 142 Å². The van der Waals surface area contributed by atoms with Crippen molar-refractivity contribution in [1.29, 1.82) is 0 Å². The second-order valence-corrected chi connectivity index (χ2v) is 5.27. The highest BCUT2D eigenvalue weighted by molar-refractivity contribution is 5.89. The molecule has 2 N–H and O–H groups in total. The van der Waals surface area contributed by atoms with Gasteiger partial charge in [0.15, 0.2) is 0 Å². The SMILES string of the molecule is COC(=O)Cc1ccc(C(=O)OCC(O)CNC(C)C)cc1.Cl. The average Bonchev–Trinajstić information content (AvgIpc) is 2.51. The molecule has 0 fully saturated rings. The molecule has 0 saturated carbocycles. The van der Waals surface area contributed by atoms with Crippen LogP contribution in [0.5, 0.6) is 0 Å². The van der Waals surface area contributed by atoms with Crippen molar-refractivity contribution >= 4 is 24.3 Å². The maximum atomic E-state index is 11.8. The van der Waals surface area contributed by atoms with Gasteiger partial charge in [-0.15, -0.1) is 12.4 Å².